The molecule has 0 atom stereocenters. The number of hydrogen-bond acceptors (Lipinski definition) is 3. The van der Waals surface area contributed by atoms with Gasteiger partial charge in [-0.1, -0.05) is 6.07 Å². The molecule has 0 aliphatic heterocycles. The van der Waals surface area contributed by atoms with Crippen molar-refractivity contribution in [3.63, 3.8) is 0 Å². The molecule has 0 aliphatic carbocycles. The predicted molar refractivity (Wildman–Crippen MR) is 107 cm³/mol. The van der Waals surface area contributed by atoms with Gasteiger partial charge in [0.1, 0.15) is 11.6 Å². The lowest BCUT2D eigenvalue weighted by atomic mass is 9.99. The van der Waals surface area contributed by atoms with Gasteiger partial charge in [0.25, 0.3) is 0 Å². The molecule has 0 fully saturated rings. The van der Waals surface area contributed by atoms with E-state index in [4.69, 9.17) is 0 Å². The standard InChI is InChI=1S/C21H21F2N3S/c1-5-24-21-26(25-11-16-6-7-17(22)10-19(16)23)20(12-27-21)18-9-14(3)13(2)8-15(18)4/h6-12H,5H2,1-4H3. The van der Waals surface area contributed by atoms with Crippen LogP contribution in [0.5, 0.6) is 0 Å². The van der Waals surface area contributed by atoms with Crippen molar-refractivity contribution >= 4 is 17.6 Å². The van der Waals surface area contributed by atoms with Gasteiger partial charge >= 0.3 is 0 Å². The summed E-state index contributed by atoms with van der Waals surface area (Å²) >= 11 is 1.48. The second kappa shape index (κ2) is 7.96. The van der Waals surface area contributed by atoms with E-state index in [0.717, 1.165) is 27.7 Å². The Morgan fingerprint density at radius 2 is 1.78 bits per heavy atom. The third kappa shape index (κ3) is 4.06. The molecule has 0 saturated heterocycles. The molecule has 0 aliphatic rings. The highest BCUT2D eigenvalue weighted by Gasteiger charge is 2.12. The summed E-state index contributed by atoms with van der Waals surface area (Å²) in [5, 5.41) is 6.46. The van der Waals surface area contributed by atoms with Gasteiger partial charge in [0.15, 0.2) is 0 Å². The van der Waals surface area contributed by atoms with E-state index in [2.05, 4.69) is 43.0 Å². The molecule has 0 spiro atoms. The molecular formula is C21H21F2N3S. The van der Waals surface area contributed by atoms with Crippen molar-refractivity contribution in [3.8, 4) is 11.3 Å². The fraction of sp³-hybridized carbons (Fsp3) is 0.238. The van der Waals surface area contributed by atoms with Crippen LogP contribution in [0.3, 0.4) is 0 Å². The average molecular weight is 385 g/mol. The Bertz CT molecular complexity index is 1080. The van der Waals surface area contributed by atoms with Gasteiger partial charge in [-0.25, -0.2) is 13.5 Å². The SMILES string of the molecule is CCN=c1scc(-c2cc(C)c(C)cc2C)n1N=Cc1ccc(F)cc1F. The van der Waals surface area contributed by atoms with Crippen molar-refractivity contribution in [2.24, 2.45) is 10.1 Å². The lowest BCUT2D eigenvalue weighted by Crippen LogP contribution is -2.13. The van der Waals surface area contributed by atoms with Crippen LogP contribution in [0.15, 0.2) is 45.8 Å². The van der Waals surface area contributed by atoms with Gasteiger partial charge in [0, 0.05) is 29.1 Å². The summed E-state index contributed by atoms with van der Waals surface area (Å²) in [5.41, 5.74) is 5.73. The van der Waals surface area contributed by atoms with Crippen LogP contribution >= 0.6 is 11.3 Å². The second-order valence-electron chi connectivity index (χ2n) is 6.35. The van der Waals surface area contributed by atoms with E-state index in [1.54, 1.807) is 4.68 Å². The monoisotopic (exact) mass is 385 g/mol. The highest BCUT2D eigenvalue weighted by molar-refractivity contribution is 7.07. The number of hydrogen-bond donors (Lipinski definition) is 0. The first-order valence-electron chi connectivity index (χ1n) is 8.69. The van der Waals surface area contributed by atoms with Crippen LogP contribution in [0.25, 0.3) is 11.3 Å². The van der Waals surface area contributed by atoms with Gasteiger partial charge in [-0.05, 0) is 62.6 Å². The molecule has 140 valence electrons. The number of aromatic nitrogens is 1. The van der Waals surface area contributed by atoms with E-state index in [9.17, 15) is 8.78 Å². The fourth-order valence-electron chi connectivity index (χ4n) is 2.80. The highest BCUT2D eigenvalue weighted by atomic mass is 32.1. The summed E-state index contributed by atoms with van der Waals surface area (Å²) in [6.45, 7) is 8.79. The lowest BCUT2D eigenvalue weighted by Gasteiger charge is -2.10. The molecule has 0 bridgehead atoms. The number of halogens is 2. The normalized spacial score (nSPS) is 12.3. The average Bonchev–Trinajstić information content (AvgIpc) is 3.00. The molecule has 6 heteroatoms. The van der Waals surface area contributed by atoms with Crippen molar-refractivity contribution in [2.45, 2.75) is 27.7 Å². The second-order valence-corrected chi connectivity index (χ2v) is 7.19. The molecule has 0 amide bonds. The van der Waals surface area contributed by atoms with E-state index in [-0.39, 0.29) is 5.56 Å². The molecule has 1 aromatic heterocycles. The third-order valence-electron chi connectivity index (χ3n) is 4.37. The van der Waals surface area contributed by atoms with Gasteiger partial charge in [-0.2, -0.15) is 5.10 Å². The van der Waals surface area contributed by atoms with E-state index < -0.39 is 11.6 Å². The predicted octanol–water partition coefficient (Wildman–Crippen LogP) is 5.22. The van der Waals surface area contributed by atoms with Crippen LogP contribution < -0.4 is 4.80 Å². The maximum Gasteiger partial charge on any atom is 0.206 e. The minimum Gasteiger partial charge on any atom is -0.258 e. The van der Waals surface area contributed by atoms with Crippen molar-refractivity contribution in [3.05, 3.63) is 74.4 Å². The Kier molecular flexibility index (Phi) is 5.65. The Morgan fingerprint density at radius 3 is 2.48 bits per heavy atom. The summed E-state index contributed by atoms with van der Waals surface area (Å²) in [6.07, 6.45) is 1.40. The number of thiazole rings is 1. The first-order valence-corrected chi connectivity index (χ1v) is 9.57. The van der Waals surface area contributed by atoms with E-state index >= 15 is 0 Å². The zero-order valence-electron chi connectivity index (χ0n) is 15.8. The topological polar surface area (TPSA) is 29.6 Å². The molecule has 0 unspecified atom stereocenters. The molecule has 2 aromatic carbocycles. The molecule has 3 nitrogen and oxygen atoms in total. The van der Waals surface area contributed by atoms with Crippen LogP contribution in [0, 0.1) is 32.4 Å². The van der Waals surface area contributed by atoms with Crippen LogP contribution in [0.1, 0.15) is 29.2 Å². The number of aryl methyl sites for hydroxylation is 3. The first kappa shape index (κ1) is 19.2. The summed E-state index contributed by atoms with van der Waals surface area (Å²) in [4.78, 5) is 5.21. The molecule has 0 radical (unpaired) electrons. The maximum atomic E-state index is 14.0. The maximum absolute atomic E-state index is 14.0. The van der Waals surface area contributed by atoms with Crippen LogP contribution in [-0.4, -0.2) is 17.4 Å². The fourth-order valence-corrected chi connectivity index (χ4v) is 3.70. The van der Waals surface area contributed by atoms with Gasteiger partial charge in [0.2, 0.25) is 4.80 Å². The molecule has 3 rings (SSSR count). The van der Waals surface area contributed by atoms with Crippen molar-refractivity contribution in [1.29, 1.82) is 0 Å². The van der Waals surface area contributed by atoms with E-state index in [1.807, 2.05) is 12.3 Å². The van der Waals surface area contributed by atoms with Gasteiger partial charge in [-0.3, -0.25) is 4.99 Å². The zero-order chi connectivity index (χ0) is 19.6. The van der Waals surface area contributed by atoms with E-state index in [1.165, 1.54) is 40.8 Å². The first-order chi connectivity index (χ1) is 12.9. The van der Waals surface area contributed by atoms with Gasteiger partial charge in [-0.15, -0.1) is 11.3 Å². The molecule has 0 N–H and O–H groups in total. The zero-order valence-corrected chi connectivity index (χ0v) is 16.6. The van der Waals surface area contributed by atoms with Gasteiger partial charge < -0.3 is 0 Å². The molecular weight excluding hydrogens is 364 g/mol. The van der Waals surface area contributed by atoms with Crippen molar-refractivity contribution in [1.82, 2.24) is 4.68 Å². The van der Waals surface area contributed by atoms with Crippen molar-refractivity contribution < 1.29 is 8.78 Å². The van der Waals surface area contributed by atoms with Gasteiger partial charge in [0.05, 0.1) is 11.9 Å². The Balaban J connectivity index is 2.15. The minimum absolute atomic E-state index is 0.223. The summed E-state index contributed by atoms with van der Waals surface area (Å²) in [6, 6.07) is 7.72. The number of rotatable bonds is 4. The quantitative estimate of drug-likeness (QED) is 0.551. The minimum atomic E-state index is -0.646. The molecule has 3 aromatic rings. The van der Waals surface area contributed by atoms with Crippen LogP contribution in [-0.2, 0) is 0 Å². The largest absolute Gasteiger partial charge is 0.258 e. The third-order valence-corrected chi connectivity index (χ3v) is 5.22. The summed E-state index contributed by atoms with van der Waals surface area (Å²) < 4.78 is 28.8. The smallest absolute Gasteiger partial charge is 0.206 e. The lowest BCUT2D eigenvalue weighted by molar-refractivity contribution is 0.582. The number of nitrogens with zero attached hydrogens (tertiary/aromatic N) is 3. The highest BCUT2D eigenvalue weighted by Crippen LogP contribution is 2.27. The summed E-state index contributed by atoms with van der Waals surface area (Å²) in [5.74, 6) is -1.26. The Morgan fingerprint density at radius 1 is 1.04 bits per heavy atom. The molecule has 27 heavy (non-hydrogen) atoms. The Hall–Kier alpha value is -2.60. The molecule has 0 saturated carbocycles. The van der Waals surface area contributed by atoms with Crippen LogP contribution in [0.4, 0.5) is 8.78 Å². The van der Waals surface area contributed by atoms with Crippen LogP contribution in [0.2, 0.25) is 0 Å². The van der Waals surface area contributed by atoms with Crippen molar-refractivity contribution in [2.75, 3.05) is 6.54 Å². The van der Waals surface area contributed by atoms with E-state index in [0.29, 0.717) is 6.54 Å². The summed E-state index contributed by atoms with van der Waals surface area (Å²) in [7, 11) is 0. The Labute approximate surface area is 161 Å². The molecule has 1 heterocycles. The number of benzene rings is 2.